The van der Waals surface area contributed by atoms with Crippen molar-refractivity contribution in [1.82, 2.24) is 9.29 Å². The quantitative estimate of drug-likeness (QED) is 0.331. The first-order valence-electron chi connectivity index (χ1n) is 11.4. The van der Waals surface area contributed by atoms with E-state index < -0.39 is 10.0 Å². The van der Waals surface area contributed by atoms with Crippen LogP contribution in [0.4, 0.5) is 5.13 Å². The summed E-state index contributed by atoms with van der Waals surface area (Å²) in [5.74, 6) is 0.263. The molecular weight excluding hydrogens is 494 g/mol. The smallest absolute Gasteiger partial charge is 0.257 e. The van der Waals surface area contributed by atoms with Gasteiger partial charge in [-0.1, -0.05) is 42.5 Å². The zero-order valence-electron chi connectivity index (χ0n) is 19.0. The lowest BCUT2D eigenvalue weighted by Gasteiger charge is -2.28. The molecule has 36 heavy (non-hydrogen) atoms. The fraction of sp³-hybridized carbons (Fsp3) is 0.111. The predicted octanol–water partition coefficient (Wildman–Crippen LogP) is 5.56. The molecule has 1 aliphatic heterocycles. The summed E-state index contributed by atoms with van der Waals surface area (Å²) < 4.78 is 33.7. The standard InChI is InChI=1S/C27H21N3O4S2/c31-26(29-27-28-23(17-35-27)25-15-20-6-3-4-8-24(20)34-25)19-9-11-22(12-10-19)36(32,33)30-14-13-18-5-1-2-7-21(18)16-30/h1-12,15,17H,13-14,16H2,(H,28,29,31). The zero-order valence-corrected chi connectivity index (χ0v) is 20.7. The Morgan fingerprint density at radius 2 is 1.72 bits per heavy atom. The summed E-state index contributed by atoms with van der Waals surface area (Å²) in [5.41, 5.74) is 3.96. The molecule has 1 N–H and O–H groups in total. The van der Waals surface area contributed by atoms with E-state index >= 15 is 0 Å². The van der Waals surface area contributed by atoms with Crippen LogP contribution in [0.15, 0.2) is 93.6 Å². The number of amides is 1. The molecule has 2 aromatic heterocycles. The number of carbonyl (C=O) groups is 1. The molecule has 0 atom stereocenters. The first-order valence-corrected chi connectivity index (χ1v) is 13.7. The molecule has 5 aromatic rings. The maximum absolute atomic E-state index is 13.2. The number of sulfonamides is 1. The number of anilines is 1. The van der Waals surface area contributed by atoms with Crippen LogP contribution < -0.4 is 5.32 Å². The Bertz CT molecular complexity index is 1650. The molecule has 0 saturated carbocycles. The molecular formula is C27H21N3O4S2. The number of benzene rings is 3. The van der Waals surface area contributed by atoms with Crippen molar-refractivity contribution in [3.05, 3.63) is 101 Å². The molecule has 0 unspecified atom stereocenters. The van der Waals surface area contributed by atoms with Crippen molar-refractivity contribution in [3.63, 3.8) is 0 Å². The van der Waals surface area contributed by atoms with Crippen molar-refractivity contribution >= 4 is 43.4 Å². The molecule has 3 heterocycles. The minimum absolute atomic E-state index is 0.167. The fourth-order valence-corrected chi connectivity index (χ4v) is 6.44. The average Bonchev–Trinajstić information content (AvgIpc) is 3.55. The number of para-hydroxylation sites is 1. The largest absolute Gasteiger partial charge is 0.454 e. The van der Waals surface area contributed by atoms with E-state index in [1.807, 2.05) is 60.0 Å². The molecule has 0 spiro atoms. The molecule has 1 amide bonds. The van der Waals surface area contributed by atoms with Crippen molar-refractivity contribution < 1.29 is 17.6 Å². The van der Waals surface area contributed by atoms with E-state index in [1.165, 1.54) is 45.5 Å². The SMILES string of the molecule is O=C(Nc1nc(-c2cc3ccccc3o2)cs1)c1ccc(S(=O)(=O)N2CCc3ccccc3C2)cc1. The normalized spacial score (nSPS) is 14.0. The molecule has 7 nitrogen and oxygen atoms in total. The third-order valence-corrected chi connectivity index (χ3v) is 8.87. The molecule has 0 radical (unpaired) electrons. The van der Waals surface area contributed by atoms with Gasteiger partial charge >= 0.3 is 0 Å². The fourth-order valence-electron chi connectivity index (χ4n) is 4.32. The highest BCUT2D eigenvalue weighted by Crippen LogP contribution is 2.30. The van der Waals surface area contributed by atoms with Crippen LogP contribution in [0.1, 0.15) is 21.5 Å². The number of thiazole rings is 1. The minimum atomic E-state index is -3.66. The van der Waals surface area contributed by atoms with Gasteiger partial charge in [0.15, 0.2) is 10.9 Å². The van der Waals surface area contributed by atoms with Gasteiger partial charge in [-0.15, -0.1) is 11.3 Å². The van der Waals surface area contributed by atoms with Crippen molar-refractivity contribution in [2.24, 2.45) is 0 Å². The van der Waals surface area contributed by atoms with Crippen molar-refractivity contribution in [1.29, 1.82) is 0 Å². The molecule has 0 aliphatic carbocycles. The molecule has 0 saturated heterocycles. The zero-order chi connectivity index (χ0) is 24.7. The van der Waals surface area contributed by atoms with Gasteiger partial charge in [0.2, 0.25) is 10.0 Å². The molecule has 180 valence electrons. The van der Waals surface area contributed by atoms with Gasteiger partial charge in [-0.3, -0.25) is 10.1 Å². The van der Waals surface area contributed by atoms with Crippen LogP contribution in [0.25, 0.3) is 22.4 Å². The first-order chi connectivity index (χ1) is 17.5. The molecule has 6 rings (SSSR count). The van der Waals surface area contributed by atoms with E-state index in [-0.39, 0.29) is 10.8 Å². The average molecular weight is 516 g/mol. The third-order valence-electron chi connectivity index (χ3n) is 6.25. The lowest BCUT2D eigenvalue weighted by atomic mass is 10.0. The maximum Gasteiger partial charge on any atom is 0.257 e. The monoisotopic (exact) mass is 515 g/mol. The summed E-state index contributed by atoms with van der Waals surface area (Å²) in [6.45, 7) is 0.775. The van der Waals surface area contributed by atoms with Crippen LogP contribution in [0.2, 0.25) is 0 Å². The molecule has 0 fully saturated rings. The number of aromatic nitrogens is 1. The molecule has 0 bridgehead atoms. The van der Waals surface area contributed by atoms with E-state index in [0.717, 1.165) is 16.5 Å². The van der Waals surface area contributed by atoms with E-state index in [9.17, 15) is 13.2 Å². The van der Waals surface area contributed by atoms with Gasteiger partial charge in [-0.2, -0.15) is 4.31 Å². The van der Waals surface area contributed by atoms with Crippen LogP contribution in [0, 0.1) is 0 Å². The van der Waals surface area contributed by atoms with E-state index in [0.29, 0.717) is 41.7 Å². The third kappa shape index (κ3) is 4.21. The van der Waals surface area contributed by atoms with Gasteiger partial charge in [0, 0.05) is 29.4 Å². The lowest BCUT2D eigenvalue weighted by Crippen LogP contribution is -2.35. The summed E-state index contributed by atoms with van der Waals surface area (Å²) in [4.78, 5) is 17.4. The van der Waals surface area contributed by atoms with Gasteiger partial charge in [0.1, 0.15) is 11.3 Å². The van der Waals surface area contributed by atoms with Crippen molar-refractivity contribution in [2.75, 3.05) is 11.9 Å². The molecule has 9 heteroatoms. The van der Waals surface area contributed by atoms with Crippen molar-refractivity contribution in [3.8, 4) is 11.5 Å². The number of hydrogen-bond donors (Lipinski definition) is 1. The summed E-state index contributed by atoms with van der Waals surface area (Å²) in [5, 5.41) is 6.01. The predicted molar refractivity (Wildman–Crippen MR) is 139 cm³/mol. The van der Waals surface area contributed by atoms with E-state index in [4.69, 9.17) is 4.42 Å². The van der Waals surface area contributed by atoms with Crippen LogP contribution in [-0.2, 0) is 23.0 Å². The second-order valence-electron chi connectivity index (χ2n) is 8.52. The highest BCUT2D eigenvalue weighted by atomic mass is 32.2. The van der Waals surface area contributed by atoms with E-state index in [1.54, 1.807) is 0 Å². The highest BCUT2D eigenvalue weighted by Gasteiger charge is 2.28. The summed E-state index contributed by atoms with van der Waals surface area (Å²) >= 11 is 1.29. The second kappa shape index (κ2) is 9.02. The minimum Gasteiger partial charge on any atom is -0.454 e. The van der Waals surface area contributed by atoms with Gasteiger partial charge < -0.3 is 4.42 Å². The Balaban J connectivity index is 1.15. The Morgan fingerprint density at radius 1 is 0.972 bits per heavy atom. The number of rotatable bonds is 5. The van der Waals surface area contributed by atoms with Crippen LogP contribution >= 0.6 is 11.3 Å². The summed E-state index contributed by atoms with van der Waals surface area (Å²) in [6, 6.07) is 23.5. The van der Waals surface area contributed by atoms with Gasteiger partial charge in [0.05, 0.1) is 4.90 Å². The van der Waals surface area contributed by atoms with Crippen molar-refractivity contribution in [2.45, 2.75) is 17.9 Å². The Kier molecular flexibility index (Phi) is 5.67. The van der Waals surface area contributed by atoms with Gasteiger partial charge in [-0.05, 0) is 53.9 Å². The summed E-state index contributed by atoms with van der Waals surface area (Å²) in [6.07, 6.45) is 0.680. The Labute approximate surface area is 212 Å². The lowest BCUT2D eigenvalue weighted by molar-refractivity contribution is 0.102. The van der Waals surface area contributed by atoms with E-state index in [2.05, 4.69) is 10.3 Å². The molecule has 3 aromatic carbocycles. The molecule has 1 aliphatic rings. The Morgan fingerprint density at radius 3 is 2.53 bits per heavy atom. The topological polar surface area (TPSA) is 92.5 Å². The second-order valence-corrected chi connectivity index (χ2v) is 11.3. The maximum atomic E-state index is 13.2. The van der Waals surface area contributed by atoms with Gasteiger partial charge in [0.25, 0.3) is 5.91 Å². The highest BCUT2D eigenvalue weighted by molar-refractivity contribution is 7.89. The number of nitrogens with one attached hydrogen (secondary N) is 1. The number of carbonyl (C=O) groups excluding carboxylic acids is 1. The first kappa shape index (κ1) is 22.7. The number of furan rings is 1. The number of nitrogens with zero attached hydrogens (tertiary/aromatic N) is 2. The van der Waals surface area contributed by atoms with Crippen LogP contribution in [-0.4, -0.2) is 30.2 Å². The van der Waals surface area contributed by atoms with Gasteiger partial charge in [-0.25, -0.2) is 13.4 Å². The summed E-state index contributed by atoms with van der Waals surface area (Å²) in [7, 11) is -3.66. The van der Waals surface area contributed by atoms with Crippen LogP contribution in [0.3, 0.4) is 0 Å². The van der Waals surface area contributed by atoms with Crippen LogP contribution in [0.5, 0.6) is 0 Å². The number of hydrogen-bond acceptors (Lipinski definition) is 6. The Hall–Kier alpha value is -3.79. The number of fused-ring (bicyclic) bond motifs is 2.